The monoisotopic (exact) mass is 344 g/mol. The fourth-order valence-electron chi connectivity index (χ4n) is 3.23. The number of hydrogen-bond donors (Lipinski definition) is 1. The Morgan fingerprint density at radius 1 is 1.33 bits per heavy atom. The number of para-hydroxylation sites is 1. The van der Waals surface area contributed by atoms with Crippen LogP contribution in [-0.4, -0.2) is 32.5 Å². The lowest BCUT2D eigenvalue weighted by molar-refractivity contribution is -0.119. The molecule has 2 aromatic rings. The first-order valence-electron chi connectivity index (χ1n) is 8.53. The van der Waals surface area contributed by atoms with E-state index in [-0.39, 0.29) is 5.91 Å². The largest absolute Gasteiger partial charge is 0.352 e. The second-order valence-corrected chi connectivity index (χ2v) is 7.44. The molecule has 1 N–H and O–H groups in total. The first kappa shape index (κ1) is 17.0. The van der Waals surface area contributed by atoms with Crippen LogP contribution < -0.4 is 5.32 Å². The molecule has 24 heavy (non-hydrogen) atoms. The maximum atomic E-state index is 12.3. The van der Waals surface area contributed by atoms with Crippen LogP contribution in [0.3, 0.4) is 0 Å². The summed E-state index contributed by atoms with van der Waals surface area (Å²) >= 11 is 1.43. The number of nitrogens with one attached hydrogen (secondary N) is 1. The van der Waals surface area contributed by atoms with E-state index in [2.05, 4.69) is 35.4 Å². The van der Waals surface area contributed by atoms with Gasteiger partial charge in [-0.25, -0.2) is 0 Å². The highest BCUT2D eigenvalue weighted by atomic mass is 32.2. The molecule has 1 fully saturated rings. The zero-order valence-electron chi connectivity index (χ0n) is 14.2. The molecule has 1 aromatic heterocycles. The van der Waals surface area contributed by atoms with Crippen LogP contribution in [0.5, 0.6) is 0 Å². The summed E-state index contributed by atoms with van der Waals surface area (Å²) in [4.78, 5) is 12.3. The van der Waals surface area contributed by atoms with Crippen molar-refractivity contribution in [3.8, 4) is 5.69 Å². The number of amides is 1. The number of nitrogens with zero attached hydrogens (tertiary/aromatic N) is 3. The van der Waals surface area contributed by atoms with Crippen molar-refractivity contribution < 1.29 is 4.79 Å². The molecule has 6 heteroatoms. The van der Waals surface area contributed by atoms with Crippen LogP contribution in [0.1, 0.15) is 38.2 Å². The molecule has 128 valence electrons. The molecule has 0 saturated heterocycles. The van der Waals surface area contributed by atoms with E-state index in [1.54, 1.807) is 6.33 Å². The lowest BCUT2D eigenvalue weighted by atomic mass is 9.86. The van der Waals surface area contributed by atoms with E-state index in [0.717, 1.165) is 22.8 Å². The van der Waals surface area contributed by atoms with E-state index in [1.165, 1.54) is 31.0 Å². The summed E-state index contributed by atoms with van der Waals surface area (Å²) in [5, 5.41) is 12.1. The molecule has 2 atom stereocenters. The molecule has 0 aliphatic heterocycles. The predicted molar refractivity (Wildman–Crippen MR) is 96.4 cm³/mol. The summed E-state index contributed by atoms with van der Waals surface area (Å²) in [6, 6.07) is 8.41. The van der Waals surface area contributed by atoms with E-state index in [4.69, 9.17) is 0 Å². The first-order valence-corrected chi connectivity index (χ1v) is 9.52. The van der Waals surface area contributed by atoms with Crippen LogP contribution >= 0.6 is 11.8 Å². The zero-order valence-corrected chi connectivity index (χ0v) is 15.1. The fourth-order valence-corrected chi connectivity index (χ4v) is 3.96. The molecule has 1 aliphatic rings. The van der Waals surface area contributed by atoms with Gasteiger partial charge in [0.25, 0.3) is 0 Å². The third-order valence-corrected chi connectivity index (χ3v) is 5.62. The fraction of sp³-hybridized carbons (Fsp3) is 0.500. The second-order valence-electron chi connectivity index (χ2n) is 6.49. The molecule has 1 heterocycles. The van der Waals surface area contributed by atoms with Crippen molar-refractivity contribution in [2.75, 3.05) is 5.75 Å². The van der Waals surface area contributed by atoms with Gasteiger partial charge in [-0.2, -0.15) is 0 Å². The number of carbonyl (C=O) groups excluding carboxylic acids is 1. The minimum atomic E-state index is 0.0816. The number of aromatic nitrogens is 3. The summed E-state index contributed by atoms with van der Waals surface area (Å²) in [6.07, 6.45) is 6.49. The number of carbonyl (C=O) groups is 1. The lowest BCUT2D eigenvalue weighted by Crippen LogP contribution is -2.41. The average Bonchev–Trinajstić information content (AvgIpc) is 3.04. The Morgan fingerprint density at radius 3 is 2.92 bits per heavy atom. The van der Waals surface area contributed by atoms with Gasteiger partial charge in [0, 0.05) is 6.04 Å². The van der Waals surface area contributed by atoms with E-state index in [9.17, 15) is 4.79 Å². The van der Waals surface area contributed by atoms with Crippen molar-refractivity contribution in [3.63, 3.8) is 0 Å². The summed E-state index contributed by atoms with van der Waals surface area (Å²) in [6.45, 7) is 4.28. The van der Waals surface area contributed by atoms with Gasteiger partial charge in [0.15, 0.2) is 5.16 Å². The number of hydrogen-bond acceptors (Lipinski definition) is 4. The Bertz CT molecular complexity index is 700. The van der Waals surface area contributed by atoms with Gasteiger partial charge in [0.1, 0.15) is 6.33 Å². The highest BCUT2D eigenvalue weighted by molar-refractivity contribution is 7.99. The van der Waals surface area contributed by atoms with E-state index >= 15 is 0 Å². The molecule has 1 saturated carbocycles. The normalized spacial score (nSPS) is 20.8. The van der Waals surface area contributed by atoms with Gasteiger partial charge in [0.2, 0.25) is 5.91 Å². The third-order valence-electron chi connectivity index (χ3n) is 4.68. The van der Waals surface area contributed by atoms with Gasteiger partial charge in [0.05, 0.1) is 11.4 Å². The van der Waals surface area contributed by atoms with Crippen molar-refractivity contribution >= 4 is 17.7 Å². The average molecular weight is 344 g/mol. The van der Waals surface area contributed by atoms with Crippen molar-refractivity contribution in [2.24, 2.45) is 5.92 Å². The van der Waals surface area contributed by atoms with Gasteiger partial charge >= 0.3 is 0 Å². The summed E-state index contributed by atoms with van der Waals surface area (Å²) in [5.41, 5.74) is 2.20. The highest BCUT2D eigenvalue weighted by Gasteiger charge is 2.23. The minimum absolute atomic E-state index is 0.0816. The molecule has 1 aliphatic carbocycles. The zero-order chi connectivity index (χ0) is 16.9. The summed E-state index contributed by atoms with van der Waals surface area (Å²) < 4.78 is 1.94. The first-order chi connectivity index (χ1) is 11.6. The molecule has 3 rings (SSSR count). The van der Waals surface area contributed by atoms with Crippen molar-refractivity contribution in [3.05, 3.63) is 36.2 Å². The number of aryl methyl sites for hydroxylation is 1. The van der Waals surface area contributed by atoms with Crippen molar-refractivity contribution in [2.45, 2.75) is 50.7 Å². The predicted octanol–water partition coefficient (Wildman–Crippen LogP) is 3.36. The number of thioether (sulfide) groups is 1. The molecule has 0 spiro atoms. The topological polar surface area (TPSA) is 59.8 Å². The number of benzene rings is 1. The van der Waals surface area contributed by atoms with E-state index in [0.29, 0.717) is 17.7 Å². The maximum Gasteiger partial charge on any atom is 0.230 e. The molecule has 5 nitrogen and oxygen atoms in total. The van der Waals surface area contributed by atoms with Gasteiger partial charge in [-0.1, -0.05) is 49.7 Å². The molecule has 0 radical (unpaired) electrons. The van der Waals surface area contributed by atoms with Crippen molar-refractivity contribution in [1.29, 1.82) is 0 Å². The van der Waals surface area contributed by atoms with Crippen molar-refractivity contribution in [1.82, 2.24) is 20.1 Å². The lowest BCUT2D eigenvalue weighted by Gasteiger charge is -2.29. The Kier molecular flexibility index (Phi) is 5.56. The van der Waals surface area contributed by atoms with Crippen LogP contribution in [0, 0.1) is 12.8 Å². The molecular weight excluding hydrogens is 320 g/mol. The Morgan fingerprint density at radius 2 is 2.12 bits per heavy atom. The molecular formula is C18H24N4OS. The quantitative estimate of drug-likeness (QED) is 0.845. The molecule has 1 amide bonds. The smallest absolute Gasteiger partial charge is 0.230 e. The standard InChI is InChI=1S/C18H24N4OS/c1-13-7-3-5-9-15(13)20-17(23)11-24-18-21-19-12-22(18)16-10-6-4-8-14(16)2/h4,6,8,10,12-13,15H,3,5,7,9,11H2,1-2H3,(H,20,23)/t13-,15-/m1/s1. The van der Waals surface area contributed by atoms with Crippen LogP contribution in [0.4, 0.5) is 0 Å². The Labute approximate surface area is 147 Å². The van der Waals surface area contributed by atoms with Gasteiger partial charge in [-0.15, -0.1) is 10.2 Å². The van der Waals surface area contributed by atoms with Gasteiger partial charge in [-0.3, -0.25) is 9.36 Å². The van der Waals surface area contributed by atoms with Crippen LogP contribution in [0.25, 0.3) is 5.69 Å². The SMILES string of the molecule is Cc1ccccc1-n1cnnc1SCC(=O)N[C@@H]1CCCC[C@H]1C. The summed E-state index contributed by atoms with van der Waals surface area (Å²) in [5.74, 6) is 1.02. The maximum absolute atomic E-state index is 12.3. The van der Waals surface area contributed by atoms with Crippen LogP contribution in [0.2, 0.25) is 0 Å². The Balaban J connectivity index is 1.60. The summed E-state index contributed by atoms with van der Waals surface area (Å²) in [7, 11) is 0. The highest BCUT2D eigenvalue weighted by Crippen LogP contribution is 2.25. The molecule has 0 unspecified atom stereocenters. The second kappa shape index (κ2) is 7.83. The number of rotatable bonds is 5. The minimum Gasteiger partial charge on any atom is -0.352 e. The van der Waals surface area contributed by atoms with Gasteiger partial charge in [-0.05, 0) is 37.3 Å². The van der Waals surface area contributed by atoms with Gasteiger partial charge < -0.3 is 5.32 Å². The van der Waals surface area contributed by atoms with Crippen LogP contribution in [0.15, 0.2) is 35.7 Å². The molecule has 0 bridgehead atoms. The Hall–Kier alpha value is -1.82. The van der Waals surface area contributed by atoms with E-state index in [1.807, 2.05) is 22.8 Å². The molecule has 1 aromatic carbocycles. The van der Waals surface area contributed by atoms with E-state index < -0.39 is 0 Å². The van der Waals surface area contributed by atoms with Crippen LogP contribution in [-0.2, 0) is 4.79 Å². The third kappa shape index (κ3) is 3.98.